The Kier molecular flexibility index (Phi) is 6.42. The Morgan fingerprint density at radius 3 is 2.21 bits per heavy atom. The lowest BCUT2D eigenvalue weighted by molar-refractivity contribution is -0.385. The van der Waals surface area contributed by atoms with Crippen LogP contribution in [-0.2, 0) is 0 Å². The highest BCUT2D eigenvalue weighted by Crippen LogP contribution is 2.35. The SMILES string of the molecule is COc1cc(C(=O)NNC(=O)c2ccccc2C)c([N+](=O)[O-])cc1OC(F)F. The largest absolute Gasteiger partial charge is 0.493 e. The summed E-state index contributed by atoms with van der Waals surface area (Å²) in [6.07, 6.45) is 0. The Morgan fingerprint density at radius 2 is 1.68 bits per heavy atom. The summed E-state index contributed by atoms with van der Waals surface area (Å²) in [4.78, 5) is 34.7. The highest BCUT2D eigenvalue weighted by Gasteiger charge is 2.26. The highest BCUT2D eigenvalue weighted by molar-refractivity contribution is 6.02. The van der Waals surface area contributed by atoms with Gasteiger partial charge in [0.2, 0.25) is 0 Å². The molecule has 0 fully saturated rings. The summed E-state index contributed by atoms with van der Waals surface area (Å²) in [5.41, 5.74) is 3.79. The van der Waals surface area contributed by atoms with Crippen molar-refractivity contribution in [2.45, 2.75) is 13.5 Å². The van der Waals surface area contributed by atoms with Crippen LogP contribution in [0.15, 0.2) is 36.4 Å². The molecule has 0 aliphatic rings. The Bertz CT molecular complexity index is 920. The van der Waals surface area contributed by atoms with Crippen molar-refractivity contribution in [1.29, 1.82) is 0 Å². The number of nitro groups is 1. The number of benzene rings is 2. The normalized spacial score (nSPS) is 10.3. The number of hydrazine groups is 1. The van der Waals surface area contributed by atoms with Crippen LogP contribution < -0.4 is 20.3 Å². The van der Waals surface area contributed by atoms with Gasteiger partial charge in [0.05, 0.1) is 18.1 Å². The van der Waals surface area contributed by atoms with Gasteiger partial charge in [0.25, 0.3) is 17.5 Å². The van der Waals surface area contributed by atoms with Crippen molar-refractivity contribution in [3.05, 3.63) is 63.2 Å². The molecule has 2 amide bonds. The topological polar surface area (TPSA) is 120 Å². The number of nitro benzene ring substituents is 1. The Hall–Kier alpha value is -3.76. The van der Waals surface area contributed by atoms with Crippen LogP contribution in [0.2, 0.25) is 0 Å². The molecule has 0 aromatic heterocycles. The summed E-state index contributed by atoms with van der Waals surface area (Å²) in [7, 11) is 1.11. The van der Waals surface area contributed by atoms with Crippen LogP contribution in [0.5, 0.6) is 11.5 Å². The second kappa shape index (κ2) is 8.75. The lowest BCUT2D eigenvalue weighted by Crippen LogP contribution is -2.42. The quantitative estimate of drug-likeness (QED) is 0.573. The first-order valence-corrected chi connectivity index (χ1v) is 7.72. The number of nitrogens with zero attached hydrogens (tertiary/aromatic N) is 1. The molecule has 2 rings (SSSR count). The molecule has 148 valence electrons. The van der Waals surface area contributed by atoms with Crippen LogP contribution in [0.25, 0.3) is 0 Å². The minimum atomic E-state index is -3.25. The molecular weight excluding hydrogens is 380 g/mol. The maximum absolute atomic E-state index is 12.5. The summed E-state index contributed by atoms with van der Waals surface area (Å²) in [6, 6.07) is 8.08. The molecule has 0 saturated carbocycles. The standard InChI is InChI=1S/C17H15F2N3O6/c1-9-5-3-4-6-10(9)15(23)20-21-16(24)11-7-13(27-2)14(28-17(18)19)8-12(11)22(25)26/h3-8,17H,1-2H3,(H,20,23)(H,21,24). The van der Waals surface area contributed by atoms with Crippen molar-refractivity contribution in [3.8, 4) is 11.5 Å². The van der Waals surface area contributed by atoms with Gasteiger partial charge < -0.3 is 9.47 Å². The van der Waals surface area contributed by atoms with E-state index in [0.717, 1.165) is 13.2 Å². The van der Waals surface area contributed by atoms with Gasteiger partial charge in [-0.1, -0.05) is 18.2 Å². The summed E-state index contributed by atoms with van der Waals surface area (Å²) in [6.45, 7) is -1.56. The number of nitrogens with one attached hydrogen (secondary N) is 2. The first-order valence-electron chi connectivity index (χ1n) is 7.72. The molecule has 0 aliphatic heterocycles. The molecule has 0 heterocycles. The molecule has 0 bridgehead atoms. The van der Waals surface area contributed by atoms with Gasteiger partial charge in [-0.25, -0.2) is 0 Å². The highest BCUT2D eigenvalue weighted by atomic mass is 19.3. The van der Waals surface area contributed by atoms with Gasteiger partial charge in [0.1, 0.15) is 5.56 Å². The average Bonchev–Trinajstić information content (AvgIpc) is 2.65. The van der Waals surface area contributed by atoms with Gasteiger partial charge in [0.15, 0.2) is 11.5 Å². The molecule has 0 saturated heterocycles. The maximum Gasteiger partial charge on any atom is 0.387 e. The lowest BCUT2D eigenvalue weighted by atomic mass is 10.1. The third-order valence-corrected chi connectivity index (χ3v) is 3.62. The van der Waals surface area contributed by atoms with E-state index in [1.165, 1.54) is 6.07 Å². The van der Waals surface area contributed by atoms with Crippen LogP contribution in [0.3, 0.4) is 0 Å². The van der Waals surface area contributed by atoms with Crippen LogP contribution in [-0.4, -0.2) is 30.5 Å². The minimum Gasteiger partial charge on any atom is -0.493 e. The number of carbonyl (C=O) groups is 2. The summed E-state index contributed by atoms with van der Waals surface area (Å²) in [5, 5.41) is 11.2. The summed E-state index contributed by atoms with van der Waals surface area (Å²) in [5.74, 6) is -2.61. The summed E-state index contributed by atoms with van der Waals surface area (Å²) >= 11 is 0. The number of carbonyl (C=O) groups excluding carboxylic acids is 2. The van der Waals surface area contributed by atoms with Crippen molar-refractivity contribution >= 4 is 17.5 Å². The van der Waals surface area contributed by atoms with Crippen LogP contribution in [0.1, 0.15) is 26.3 Å². The second-order valence-corrected chi connectivity index (χ2v) is 5.38. The lowest BCUT2D eigenvalue weighted by Gasteiger charge is -2.13. The number of halogens is 2. The van der Waals surface area contributed by atoms with Gasteiger partial charge in [0, 0.05) is 11.6 Å². The van der Waals surface area contributed by atoms with Gasteiger partial charge in [-0.2, -0.15) is 8.78 Å². The zero-order valence-corrected chi connectivity index (χ0v) is 14.7. The van der Waals surface area contributed by atoms with Crippen molar-refractivity contribution in [1.82, 2.24) is 10.9 Å². The third-order valence-electron chi connectivity index (χ3n) is 3.62. The first-order chi connectivity index (χ1) is 13.2. The Labute approximate surface area is 157 Å². The van der Waals surface area contributed by atoms with Gasteiger partial charge in [-0.15, -0.1) is 0 Å². The molecule has 28 heavy (non-hydrogen) atoms. The van der Waals surface area contributed by atoms with Crippen molar-refractivity contribution < 1.29 is 32.8 Å². The number of ether oxygens (including phenoxy) is 2. The number of amides is 2. The second-order valence-electron chi connectivity index (χ2n) is 5.38. The zero-order valence-electron chi connectivity index (χ0n) is 14.7. The molecule has 0 radical (unpaired) electrons. The molecule has 0 unspecified atom stereocenters. The van der Waals surface area contributed by atoms with E-state index in [1.54, 1.807) is 25.1 Å². The average molecular weight is 395 g/mol. The van der Waals surface area contributed by atoms with Crippen molar-refractivity contribution in [2.75, 3.05) is 7.11 Å². The van der Waals surface area contributed by atoms with E-state index in [4.69, 9.17) is 4.74 Å². The predicted molar refractivity (Wildman–Crippen MR) is 92.4 cm³/mol. The van der Waals surface area contributed by atoms with E-state index in [2.05, 4.69) is 10.2 Å². The first kappa shape index (κ1) is 20.6. The van der Waals surface area contributed by atoms with Crippen LogP contribution in [0, 0.1) is 17.0 Å². The molecule has 0 atom stereocenters. The van der Waals surface area contributed by atoms with Crippen LogP contribution in [0.4, 0.5) is 14.5 Å². The number of hydrogen-bond acceptors (Lipinski definition) is 6. The van der Waals surface area contributed by atoms with E-state index in [1.807, 2.05) is 5.43 Å². The Morgan fingerprint density at radius 1 is 1.07 bits per heavy atom. The number of rotatable bonds is 6. The number of hydrogen-bond donors (Lipinski definition) is 2. The van der Waals surface area contributed by atoms with Gasteiger partial charge >= 0.3 is 6.61 Å². The zero-order chi connectivity index (χ0) is 20.8. The molecule has 0 aliphatic carbocycles. The smallest absolute Gasteiger partial charge is 0.387 e. The van der Waals surface area contributed by atoms with Crippen LogP contribution >= 0.6 is 0 Å². The molecule has 2 aromatic rings. The van der Waals surface area contributed by atoms with E-state index in [9.17, 15) is 28.5 Å². The maximum atomic E-state index is 12.5. The number of methoxy groups -OCH3 is 1. The number of aryl methyl sites for hydroxylation is 1. The molecule has 2 aromatic carbocycles. The molecular formula is C17H15F2N3O6. The number of alkyl halides is 2. The molecule has 9 nitrogen and oxygen atoms in total. The van der Waals surface area contributed by atoms with E-state index >= 15 is 0 Å². The van der Waals surface area contributed by atoms with E-state index in [0.29, 0.717) is 11.6 Å². The van der Waals surface area contributed by atoms with Crippen molar-refractivity contribution in [2.24, 2.45) is 0 Å². The van der Waals surface area contributed by atoms with E-state index < -0.39 is 40.3 Å². The van der Waals surface area contributed by atoms with E-state index in [-0.39, 0.29) is 11.3 Å². The fraction of sp³-hybridized carbons (Fsp3) is 0.176. The third kappa shape index (κ3) is 4.69. The Balaban J connectivity index is 2.27. The molecule has 11 heteroatoms. The van der Waals surface area contributed by atoms with Crippen molar-refractivity contribution in [3.63, 3.8) is 0 Å². The fourth-order valence-corrected chi connectivity index (χ4v) is 2.31. The minimum absolute atomic E-state index is 0.288. The summed E-state index contributed by atoms with van der Waals surface area (Å²) < 4.78 is 33.9. The predicted octanol–water partition coefficient (Wildman–Crippen LogP) is 2.59. The molecule has 2 N–H and O–H groups in total. The fourth-order valence-electron chi connectivity index (χ4n) is 2.31. The molecule has 0 spiro atoms. The van der Waals surface area contributed by atoms with Gasteiger partial charge in [-0.05, 0) is 18.6 Å². The van der Waals surface area contributed by atoms with Gasteiger partial charge in [-0.3, -0.25) is 30.6 Å². The monoisotopic (exact) mass is 395 g/mol.